The lowest BCUT2D eigenvalue weighted by molar-refractivity contribution is -0.274. The van der Waals surface area contributed by atoms with Gasteiger partial charge in [0.25, 0.3) is 0 Å². The monoisotopic (exact) mass is 331 g/mol. The lowest BCUT2D eigenvalue weighted by Gasteiger charge is -2.32. The highest BCUT2D eigenvalue weighted by atomic mass is 19.4. The highest BCUT2D eigenvalue weighted by molar-refractivity contribution is 5.94. The molecule has 0 saturated carbocycles. The van der Waals surface area contributed by atoms with Crippen LogP contribution in [0.4, 0.5) is 18.9 Å². The van der Waals surface area contributed by atoms with Gasteiger partial charge in [-0.15, -0.1) is 13.2 Å². The van der Waals surface area contributed by atoms with E-state index in [1.165, 1.54) is 18.2 Å². The molecule has 0 heterocycles. The van der Waals surface area contributed by atoms with Crippen molar-refractivity contribution in [1.29, 1.82) is 0 Å². The predicted octanol–water partition coefficient (Wildman–Crippen LogP) is 5.30. The number of anilines is 1. The van der Waals surface area contributed by atoms with Crippen LogP contribution in [0, 0.1) is 0 Å². The molecule has 23 heavy (non-hydrogen) atoms. The first-order chi connectivity index (χ1) is 10.8. The van der Waals surface area contributed by atoms with Crippen LogP contribution in [-0.4, -0.2) is 18.3 Å². The normalized spacial score (nSPS) is 11.6. The van der Waals surface area contributed by atoms with Gasteiger partial charge in [0.05, 0.1) is 0 Å². The van der Waals surface area contributed by atoms with E-state index in [0.717, 1.165) is 25.7 Å². The quantitative estimate of drug-likeness (QED) is 0.647. The number of hydrogen-bond acceptors (Lipinski definition) is 2. The molecule has 0 N–H and O–H groups in total. The summed E-state index contributed by atoms with van der Waals surface area (Å²) in [6.45, 7) is 5.81. The van der Waals surface area contributed by atoms with Crippen molar-refractivity contribution >= 4 is 11.6 Å². The Morgan fingerprint density at radius 1 is 1.17 bits per heavy atom. The molecule has 130 valence electrons. The highest BCUT2D eigenvalue weighted by Crippen LogP contribution is 2.29. The van der Waals surface area contributed by atoms with Crippen molar-refractivity contribution in [2.45, 2.75) is 65.3 Å². The summed E-state index contributed by atoms with van der Waals surface area (Å²) in [6, 6.07) is 5.62. The largest absolute Gasteiger partial charge is 0.573 e. The maximum Gasteiger partial charge on any atom is 0.573 e. The molecular weight excluding hydrogens is 307 g/mol. The summed E-state index contributed by atoms with van der Waals surface area (Å²) in [5.41, 5.74) is 0.450. The fourth-order valence-electron chi connectivity index (χ4n) is 2.63. The summed E-state index contributed by atoms with van der Waals surface area (Å²) < 4.78 is 41.2. The Morgan fingerprint density at radius 2 is 1.78 bits per heavy atom. The molecule has 0 atom stereocenters. The molecule has 0 unspecified atom stereocenters. The number of alkyl halides is 3. The van der Waals surface area contributed by atoms with Crippen LogP contribution in [-0.2, 0) is 4.79 Å². The second-order valence-corrected chi connectivity index (χ2v) is 5.39. The van der Waals surface area contributed by atoms with Gasteiger partial charge in [0, 0.05) is 24.2 Å². The molecule has 6 heteroatoms. The summed E-state index contributed by atoms with van der Waals surface area (Å²) in [7, 11) is 0. The van der Waals surface area contributed by atoms with Crippen molar-refractivity contribution in [2.75, 3.05) is 4.90 Å². The van der Waals surface area contributed by atoms with Gasteiger partial charge in [0.15, 0.2) is 0 Å². The zero-order valence-corrected chi connectivity index (χ0v) is 13.8. The molecule has 3 nitrogen and oxygen atoms in total. The van der Waals surface area contributed by atoms with Gasteiger partial charge in [-0.1, -0.05) is 39.7 Å². The van der Waals surface area contributed by atoms with E-state index in [-0.39, 0.29) is 17.7 Å². The molecule has 0 aliphatic carbocycles. The molecule has 0 saturated heterocycles. The molecule has 1 aromatic rings. The standard InChI is InChI=1S/C17H24F3NO2/c1-4-8-13(9-5-2)21(16(22)6-3)14-10-7-11-15(12-14)23-17(18,19)20/h7,10-13H,4-6,8-9H2,1-3H3. The zero-order valence-electron chi connectivity index (χ0n) is 13.8. The Labute approximate surface area is 135 Å². The highest BCUT2D eigenvalue weighted by Gasteiger charge is 2.31. The first kappa shape index (κ1) is 19.3. The Kier molecular flexibility index (Phi) is 7.39. The van der Waals surface area contributed by atoms with Gasteiger partial charge in [-0.05, 0) is 25.0 Å². The van der Waals surface area contributed by atoms with Crippen molar-refractivity contribution in [3.05, 3.63) is 24.3 Å². The van der Waals surface area contributed by atoms with Gasteiger partial charge < -0.3 is 9.64 Å². The molecule has 0 radical (unpaired) electrons. The summed E-state index contributed by atoms with van der Waals surface area (Å²) in [5, 5.41) is 0. The maximum absolute atomic E-state index is 12.4. The molecule has 0 spiro atoms. The van der Waals surface area contributed by atoms with E-state index in [4.69, 9.17) is 0 Å². The number of amides is 1. The molecule has 1 rings (SSSR count). The predicted molar refractivity (Wildman–Crippen MR) is 84.5 cm³/mol. The van der Waals surface area contributed by atoms with E-state index >= 15 is 0 Å². The average Bonchev–Trinajstić information content (AvgIpc) is 2.46. The summed E-state index contributed by atoms with van der Waals surface area (Å²) in [5.74, 6) is -0.406. The molecule has 0 aliphatic rings. The lowest BCUT2D eigenvalue weighted by atomic mass is 10.0. The first-order valence-electron chi connectivity index (χ1n) is 8.00. The summed E-state index contributed by atoms with van der Waals surface area (Å²) in [6.07, 6.45) is -1.03. The number of carbonyl (C=O) groups is 1. The fourth-order valence-corrected chi connectivity index (χ4v) is 2.63. The van der Waals surface area contributed by atoms with Crippen LogP contribution in [0.15, 0.2) is 24.3 Å². The van der Waals surface area contributed by atoms with E-state index in [0.29, 0.717) is 12.1 Å². The topological polar surface area (TPSA) is 29.5 Å². The SMILES string of the molecule is CCCC(CCC)N(C(=O)CC)c1cccc(OC(F)(F)F)c1. The second kappa shape index (κ2) is 8.79. The number of halogens is 3. The Morgan fingerprint density at radius 3 is 2.26 bits per heavy atom. The third kappa shape index (κ3) is 6.12. The molecular formula is C17H24F3NO2. The van der Waals surface area contributed by atoms with E-state index in [1.807, 2.05) is 13.8 Å². The van der Waals surface area contributed by atoms with E-state index in [1.54, 1.807) is 17.9 Å². The second-order valence-electron chi connectivity index (χ2n) is 5.39. The van der Waals surface area contributed by atoms with Crippen molar-refractivity contribution in [3.8, 4) is 5.75 Å². The number of nitrogens with zero attached hydrogens (tertiary/aromatic N) is 1. The number of hydrogen-bond donors (Lipinski definition) is 0. The third-order valence-electron chi connectivity index (χ3n) is 3.51. The summed E-state index contributed by atoms with van der Waals surface area (Å²) in [4.78, 5) is 14.0. The molecule has 0 aromatic heterocycles. The Balaban J connectivity index is 3.16. The Hall–Kier alpha value is -1.72. The van der Waals surface area contributed by atoms with Gasteiger partial charge in [-0.3, -0.25) is 4.79 Å². The molecule has 1 amide bonds. The van der Waals surface area contributed by atoms with Gasteiger partial charge in [0.1, 0.15) is 5.75 Å². The molecule has 0 aliphatic heterocycles. The molecule has 0 fully saturated rings. The molecule has 0 bridgehead atoms. The van der Waals surface area contributed by atoms with Crippen molar-refractivity contribution in [2.24, 2.45) is 0 Å². The van der Waals surface area contributed by atoms with Crippen LogP contribution in [0.25, 0.3) is 0 Å². The smallest absolute Gasteiger partial charge is 0.406 e. The van der Waals surface area contributed by atoms with Crippen LogP contribution < -0.4 is 9.64 Å². The van der Waals surface area contributed by atoms with Crippen LogP contribution >= 0.6 is 0 Å². The van der Waals surface area contributed by atoms with Crippen molar-refractivity contribution in [1.82, 2.24) is 0 Å². The van der Waals surface area contributed by atoms with Crippen LogP contribution in [0.2, 0.25) is 0 Å². The average molecular weight is 331 g/mol. The Bertz CT molecular complexity index is 497. The minimum atomic E-state index is -4.75. The van der Waals surface area contributed by atoms with Crippen LogP contribution in [0.3, 0.4) is 0 Å². The number of carbonyl (C=O) groups excluding carboxylic acids is 1. The minimum absolute atomic E-state index is 0.0152. The summed E-state index contributed by atoms with van der Waals surface area (Å²) >= 11 is 0. The maximum atomic E-state index is 12.4. The van der Waals surface area contributed by atoms with Gasteiger partial charge in [-0.25, -0.2) is 0 Å². The van der Waals surface area contributed by atoms with E-state index in [2.05, 4.69) is 4.74 Å². The number of benzene rings is 1. The van der Waals surface area contributed by atoms with Crippen molar-refractivity contribution < 1.29 is 22.7 Å². The molecule has 1 aromatic carbocycles. The minimum Gasteiger partial charge on any atom is -0.406 e. The first-order valence-corrected chi connectivity index (χ1v) is 8.00. The number of rotatable bonds is 8. The van der Waals surface area contributed by atoms with Crippen molar-refractivity contribution in [3.63, 3.8) is 0 Å². The van der Waals surface area contributed by atoms with Gasteiger partial charge in [0.2, 0.25) is 5.91 Å². The fraction of sp³-hybridized carbons (Fsp3) is 0.588. The van der Waals surface area contributed by atoms with E-state index < -0.39 is 6.36 Å². The zero-order chi connectivity index (χ0) is 17.5. The third-order valence-corrected chi connectivity index (χ3v) is 3.51. The van der Waals surface area contributed by atoms with Gasteiger partial charge in [-0.2, -0.15) is 0 Å². The lowest BCUT2D eigenvalue weighted by Crippen LogP contribution is -2.40. The van der Waals surface area contributed by atoms with Crippen LogP contribution in [0.1, 0.15) is 52.9 Å². The van der Waals surface area contributed by atoms with E-state index in [9.17, 15) is 18.0 Å². The van der Waals surface area contributed by atoms with Crippen LogP contribution in [0.5, 0.6) is 5.75 Å². The van der Waals surface area contributed by atoms with Gasteiger partial charge >= 0.3 is 6.36 Å². The number of ether oxygens (including phenoxy) is 1.